The van der Waals surface area contributed by atoms with Gasteiger partial charge in [0.15, 0.2) is 23.3 Å². The number of para-hydroxylation sites is 3. The van der Waals surface area contributed by atoms with Gasteiger partial charge in [0.05, 0.1) is 16.6 Å². The van der Waals surface area contributed by atoms with Crippen molar-refractivity contribution in [1.29, 1.82) is 0 Å². The highest BCUT2D eigenvalue weighted by Crippen LogP contribution is 2.63. The molecule has 0 unspecified atom stereocenters. The number of rotatable bonds is 5. The fourth-order valence-electron chi connectivity index (χ4n) is 9.22. The van der Waals surface area contributed by atoms with Crippen LogP contribution in [0.5, 0.6) is 11.5 Å². The molecule has 8 aromatic carbocycles. The van der Waals surface area contributed by atoms with Crippen LogP contribution < -0.4 is 4.74 Å². The first-order valence-corrected chi connectivity index (χ1v) is 20.1. The Morgan fingerprint density at radius 2 is 0.867 bits per heavy atom. The molecule has 0 saturated heterocycles. The van der Waals surface area contributed by atoms with E-state index in [-0.39, 0.29) is 0 Å². The van der Waals surface area contributed by atoms with Crippen molar-refractivity contribution in [3.8, 4) is 79.4 Å². The van der Waals surface area contributed by atoms with E-state index in [9.17, 15) is 0 Å². The van der Waals surface area contributed by atoms with Gasteiger partial charge in [-0.2, -0.15) is 0 Å². The summed E-state index contributed by atoms with van der Waals surface area (Å²) in [7, 11) is 0. The van der Waals surface area contributed by atoms with E-state index in [0.29, 0.717) is 23.3 Å². The molecule has 2 aliphatic rings. The lowest BCUT2D eigenvalue weighted by atomic mass is 9.66. The zero-order chi connectivity index (χ0) is 39.6. The molecule has 280 valence electrons. The summed E-state index contributed by atoms with van der Waals surface area (Å²) in [5.41, 5.74) is 12.3. The normalized spacial score (nSPS) is 12.9. The summed E-state index contributed by atoms with van der Waals surface area (Å²) in [5.74, 6) is 4.13. The molecule has 6 nitrogen and oxygen atoms in total. The molecule has 3 heterocycles. The van der Waals surface area contributed by atoms with Gasteiger partial charge in [-0.25, -0.2) is 24.9 Å². The highest BCUT2D eigenvalue weighted by Gasteiger charge is 2.52. The van der Waals surface area contributed by atoms with Crippen molar-refractivity contribution in [1.82, 2.24) is 24.9 Å². The summed E-state index contributed by atoms with van der Waals surface area (Å²) in [6, 6.07) is 68.9. The summed E-state index contributed by atoms with van der Waals surface area (Å²) in [5, 5.41) is 1.01. The van der Waals surface area contributed by atoms with Gasteiger partial charge >= 0.3 is 0 Å². The summed E-state index contributed by atoms with van der Waals surface area (Å²) >= 11 is 0. The Morgan fingerprint density at radius 1 is 0.333 bits per heavy atom. The van der Waals surface area contributed by atoms with Gasteiger partial charge in [-0.15, -0.1) is 0 Å². The van der Waals surface area contributed by atoms with Gasteiger partial charge < -0.3 is 4.74 Å². The maximum absolute atomic E-state index is 6.71. The molecule has 0 atom stereocenters. The van der Waals surface area contributed by atoms with E-state index in [4.69, 9.17) is 29.7 Å². The van der Waals surface area contributed by atoms with Gasteiger partial charge in [0.25, 0.3) is 0 Å². The SMILES string of the molecule is c1ccc(-c2nc(-c3ccccc3)nc(-c3ccc4c(c3)C3(c5ccccc5Oc5ccccc53)c3cccc(-c5nc(-c6ccccc6)c6ccccc6n5)c3-4)n2)cc1. The van der Waals surface area contributed by atoms with Gasteiger partial charge in [0.1, 0.15) is 11.5 Å². The first-order valence-electron chi connectivity index (χ1n) is 20.1. The average Bonchev–Trinajstić information content (AvgIpc) is 3.62. The number of aromatic nitrogens is 5. The number of nitrogens with zero attached hydrogens (tertiary/aromatic N) is 5. The fourth-order valence-corrected chi connectivity index (χ4v) is 9.22. The van der Waals surface area contributed by atoms with Crippen LogP contribution in [0.2, 0.25) is 0 Å². The van der Waals surface area contributed by atoms with E-state index < -0.39 is 5.41 Å². The third-order valence-corrected chi connectivity index (χ3v) is 11.8. The summed E-state index contributed by atoms with van der Waals surface area (Å²) in [6.07, 6.45) is 0. The molecule has 60 heavy (non-hydrogen) atoms. The molecule has 1 aliphatic carbocycles. The minimum atomic E-state index is -0.751. The molecule has 2 aromatic heterocycles. The van der Waals surface area contributed by atoms with Gasteiger partial charge in [0.2, 0.25) is 0 Å². The first kappa shape index (κ1) is 34.0. The Hall–Kier alpha value is -8.09. The van der Waals surface area contributed by atoms with Crippen LogP contribution in [0.25, 0.3) is 78.8 Å². The molecule has 0 saturated carbocycles. The second kappa shape index (κ2) is 13.5. The largest absolute Gasteiger partial charge is 0.457 e. The number of benzene rings is 8. The van der Waals surface area contributed by atoms with Crippen LogP contribution >= 0.6 is 0 Å². The molecular weight excluding hydrogens is 735 g/mol. The van der Waals surface area contributed by atoms with Crippen molar-refractivity contribution in [2.45, 2.75) is 5.41 Å². The number of fused-ring (bicyclic) bond motifs is 10. The Morgan fingerprint density at radius 3 is 1.52 bits per heavy atom. The topological polar surface area (TPSA) is 73.7 Å². The van der Waals surface area contributed by atoms with Crippen molar-refractivity contribution < 1.29 is 4.74 Å². The van der Waals surface area contributed by atoms with E-state index in [1.165, 1.54) is 0 Å². The van der Waals surface area contributed by atoms with Crippen LogP contribution in [0, 0.1) is 0 Å². The van der Waals surface area contributed by atoms with Crippen molar-refractivity contribution in [3.63, 3.8) is 0 Å². The number of hydrogen-bond acceptors (Lipinski definition) is 6. The molecule has 0 fully saturated rings. The van der Waals surface area contributed by atoms with Crippen molar-refractivity contribution in [2.75, 3.05) is 0 Å². The van der Waals surface area contributed by atoms with E-state index in [1.807, 2.05) is 91.0 Å². The van der Waals surface area contributed by atoms with Crippen molar-refractivity contribution >= 4 is 10.9 Å². The maximum atomic E-state index is 6.71. The summed E-state index contributed by atoms with van der Waals surface area (Å²) in [4.78, 5) is 26.0. The first-order chi connectivity index (χ1) is 29.7. The standard InChI is InChI=1S/C54H33N5O/c1-4-17-34(18-5-1)49-39-23-10-13-28-45(39)55-53(56-49)40-24-16-27-43-48(40)38-32-31-37(33-44(38)54(43)41-25-11-14-29-46(41)60-47-30-15-12-26-42(47)54)52-58-50(35-19-6-2-7-20-35)57-51(59-52)36-21-8-3-9-22-36/h1-33H. The third-order valence-electron chi connectivity index (χ3n) is 11.8. The predicted octanol–water partition coefficient (Wildman–Crippen LogP) is 12.6. The predicted molar refractivity (Wildman–Crippen MR) is 237 cm³/mol. The maximum Gasteiger partial charge on any atom is 0.164 e. The molecule has 1 aliphatic heterocycles. The van der Waals surface area contributed by atoms with Crippen LogP contribution in [0.15, 0.2) is 200 Å². The molecule has 6 heteroatoms. The summed E-state index contributed by atoms with van der Waals surface area (Å²) in [6.45, 7) is 0. The lowest BCUT2D eigenvalue weighted by Crippen LogP contribution is -2.32. The molecule has 10 aromatic rings. The van der Waals surface area contributed by atoms with Gasteiger partial charge in [-0.1, -0.05) is 176 Å². The molecule has 0 N–H and O–H groups in total. The van der Waals surface area contributed by atoms with Crippen molar-refractivity contribution in [3.05, 3.63) is 222 Å². The quantitative estimate of drug-likeness (QED) is 0.174. The molecule has 0 amide bonds. The average molecular weight is 768 g/mol. The lowest BCUT2D eigenvalue weighted by Gasteiger charge is -2.39. The third kappa shape index (κ3) is 5.17. The Kier molecular flexibility index (Phi) is 7.65. The highest BCUT2D eigenvalue weighted by atomic mass is 16.5. The van der Waals surface area contributed by atoms with Gasteiger partial charge in [0, 0.05) is 44.3 Å². The fraction of sp³-hybridized carbons (Fsp3) is 0.0185. The smallest absolute Gasteiger partial charge is 0.164 e. The Labute approximate surface area is 346 Å². The summed E-state index contributed by atoms with van der Waals surface area (Å²) < 4.78 is 6.71. The second-order valence-corrected chi connectivity index (χ2v) is 15.2. The van der Waals surface area contributed by atoms with E-state index >= 15 is 0 Å². The minimum absolute atomic E-state index is 0.593. The Bertz CT molecular complexity index is 3190. The number of hydrogen-bond donors (Lipinski definition) is 0. The number of ether oxygens (including phenoxy) is 1. The van der Waals surface area contributed by atoms with Crippen LogP contribution in [-0.4, -0.2) is 24.9 Å². The zero-order valence-corrected chi connectivity index (χ0v) is 32.2. The monoisotopic (exact) mass is 767 g/mol. The van der Waals surface area contributed by atoms with Gasteiger partial charge in [-0.05, 0) is 46.5 Å². The Balaban J connectivity index is 1.16. The van der Waals surface area contributed by atoms with Gasteiger partial charge in [-0.3, -0.25) is 0 Å². The molecule has 0 bridgehead atoms. The van der Waals surface area contributed by atoms with Crippen LogP contribution in [-0.2, 0) is 5.41 Å². The molecular formula is C54H33N5O. The van der Waals surface area contributed by atoms with E-state index in [0.717, 1.165) is 89.3 Å². The second-order valence-electron chi connectivity index (χ2n) is 15.2. The van der Waals surface area contributed by atoms with Crippen LogP contribution in [0.3, 0.4) is 0 Å². The minimum Gasteiger partial charge on any atom is -0.457 e. The molecule has 0 radical (unpaired) electrons. The van der Waals surface area contributed by atoms with E-state index in [2.05, 4.69) is 109 Å². The highest BCUT2D eigenvalue weighted by molar-refractivity contribution is 5.99. The molecule has 1 spiro atoms. The van der Waals surface area contributed by atoms with Crippen molar-refractivity contribution in [2.24, 2.45) is 0 Å². The van der Waals surface area contributed by atoms with Crippen LogP contribution in [0.1, 0.15) is 22.3 Å². The van der Waals surface area contributed by atoms with Crippen LogP contribution in [0.4, 0.5) is 0 Å². The molecule has 12 rings (SSSR count). The van der Waals surface area contributed by atoms with E-state index in [1.54, 1.807) is 0 Å². The zero-order valence-electron chi connectivity index (χ0n) is 32.2. The lowest BCUT2D eigenvalue weighted by molar-refractivity contribution is 0.436.